The summed E-state index contributed by atoms with van der Waals surface area (Å²) < 4.78 is 5.17. The zero-order valence-corrected chi connectivity index (χ0v) is 16.3. The molecule has 2 aliphatic heterocycles. The number of Topliss-reactive ketones (excluding diaryl/α,β-unsaturated/α-hetero) is 1. The molecule has 2 aliphatic rings. The van der Waals surface area contributed by atoms with Gasteiger partial charge in [0.2, 0.25) is 5.91 Å². The van der Waals surface area contributed by atoms with E-state index in [0.717, 1.165) is 26.1 Å². The van der Waals surface area contributed by atoms with E-state index in [2.05, 4.69) is 29.2 Å². The molecule has 0 aliphatic carbocycles. The lowest BCUT2D eigenvalue weighted by Gasteiger charge is -2.45. The molecule has 0 aromatic heterocycles. The fraction of sp³-hybridized carbons (Fsp3) is 0.391. The Morgan fingerprint density at radius 1 is 1.04 bits per heavy atom. The van der Waals surface area contributed by atoms with E-state index in [1.165, 1.54) is 11.1 Å². The summed E-state index contributed by atoms with van der Waals surface area (Å²) in [6, 6.07) is 15.9. The number of fused-ring (bicyclic) bond motifs is 3. The van der Waals surface area contributed by atoms with Gasteiger partial charge in [0, 0.05) is 44.6 Å². The van der Waals surface area contributed by atoms with Crippen LogP contribution in [0.5, 0.6) is 5.75 Å². The van der Waals surface area contributed by atoms with Gasteiger partial charge in [-0.25, -0.2) is 0 Å². The Morgan fingerprint density at radius 2 is 1.89 bits per heavy atom. The predicted octanol–water partition coefficient (Wildman–Crippen LogP) is 3.10. The summed E-state index contributed by atoms with van der Waals surface area (Å²) in [5.74, 6) is 0.706. The van der Waals surface area contributed by atoms with Crippen molar-refractivity contribution in [3.8, 4) is 5.75 Å². The van der Waals surface area contributed by atoms with E-state index in [1.807, 2.05) is 11.0 Å². The summed E-state index contributed by atoms with van der Waals surface area (Å²) in [5.41, 5.74) is 3.34. The van der Waals surface area contributed by atoms with E-state index in [9.17, 15) is 9.59 Å². The Hall–Kier alpha value is -2.66. The van der Waals surface area contributed by atoms with Gasteiger partial charge in [-0.15, -0.1) is 0 Å². The van der Waals surface area contributed by atoms with Gasteiger partial charge in [0.05, 0.1) is 13.2 Å². The molecule has 1 fully saturated rings. The molecule has 146 valence electrons. The predicted molar refractivity (Wildman–Crippen MR) is 108 cm³/mol. The molecular weight excluding hydrogens is 352 g/mol. The highest BCUT2D eigenvalue weighted by Gasteiger charge is 2.33. The Balaban J connectivity index is 1.37. The molecule has 0 radical (unpaired) electrons. The molecule has 1 amide bonds. The van der Waals surface area contributed by atoms with Crippen LogP contribution in [-0.2, 0) is 11.2 Å². The maximum Gasteiger partial charge on any atom is 0.223 e. The first-order chi connectivity index (χ1) is 13.7. The quantitative estimate of drug-likeness (QED) is 0.750. The zero-order chi connectivity index (χ0) is 19.5. The number of piperazine rings is 1. The standard InChI is InChI=1S/C23H26N2O3/c1-28-19-7-4-6-18(15-19)22(26)9-10-23(27)25-14-13-24-12-11-17-5-2-3-8-20(17)21(24)16-25/h2-8,15,21H,9-14,16H2,1H3. The molecule has 5 nitrogen and oxygen atoms in total. The van der Waals surface area contributed by atoms with Crippen molar-refractivity contribution in [2.75, 3.05) is 33.3 Å². The van der Waals surface area contributed by atoms with E-state index in [-0.39, 0.29) is 30.6 Å². The average molecular weight is 378 g/mol. The molecule has 1 atom stereocenters. The molecule has 28 heavy (non-hydrogen) atoms. The van der Waals surface area contributed by atoms with E-state index in [0.29, 0.717) is 17.9 Å². The number of hydrogen-bond acceptors (Lipinski definition) is 4. The fourth-order valence-electron chi connectivity index (χ4n) is 4.28. The van der Waals surface area contributed by atoms with E-state index in [4.69, 9.17) is 4.74 Å². The van der Waals surface area contributed by atoms with Crippen molar-refractivity contribution >= 4 is 11.7 Å². The summed E-state index contributed by atoms with van der Waals surface area (Å²) >= 11 is 0. The molecule has 5 heteroatoms. The largest absolute Gasteiger partial charge is 0.497 e. The molecule has 0 N–H and O–H groups in total. The lowest BCUT2D eigenvalue weighted by molar-refractivity contribution is -0.134. The Labute approximate surface area is 165 Å². The van der Waals surface area contributed by atoms with Gasteiger partial charge in [0.1, 0.15) is 5.75 Å². The first-order valence-corrected chi connectivity index (χ1v) is 9.92. The number of ether oxygens (including phenoxy) is 1. The van der Waals surface area contributed by atoms with E-state index in [1.54, 1.807) is 25.3 Å². The van der Waals surface area contributed by atoms with Crippen molar-refractivity contribution in [1.82, 2.24) is 9.80 Å². The van der Waals surface area contributed by atoms with Crippen molar-refractivity contribution in [2.24, 2.45) is 0 Å². The third kappa shape index (κ3) is 3.80. The molecular formula is C23H26N2O3. The first kappa shape index (κ1) is 18.7. The second-order valence-electron chi connectivity index (χ2n) is 7.50. The van der Waals surface area contributed by atoms with Gasteiger partial charge in [-0.2, -0.15) is 0 Å². The minimum atomic E-state index is -0.0195. The van der Waals surface area contributed by atoms with E-state index < -0.39 is 0 Å². The molecule has 2 aromatic carbocycles. The van der Waals surface area contributed by atoms with Crippen LogP contribution < -0.4 is 4.74 Å². The fourth-order valence-corrected chi connectivity index (χ4v) is 4.28. The average Bonchev–Trinajstić information content (AvgIpc) is 2.76. The van der Waals surface area contributed by atoms with Crippen LogP contribution in [0.25, 0.3) is 0 Å². The highest BCUT2D eigenvalue weighted by Crippen LogP contribution is 2.32. The maximum absolute atomic E-state index is 12.8. The van der Waals surface area contributed by atoms with Crippen LogP contribution in [0.3, 0.4) is 0 Å². The van der Waals surface area contributed by atoms with Crippen LogP contribution in [0, 0.1) is 0 Å². The summed E-state index contributed by atoms with van der Waals surface area (Å²) in [6.07, 6.45) is 1.56. The number of rotatable bonds is 5. The second-order valence-corrected chi connectivity index (χ2v) is 7.50. The summed E-state index contributed by atoms with van der Waals surface area (Å²) in [4.78, 5) is 29.6. The molecule has 4 rings (SSSR count). The molecule has 0 saturated carbocycles. The highest BCUT2D eigenvalue weighted by atomic mass is 16.5. The minimum Gasteiger partial charge on any atom is -0.497 e. The molecule has 1 saturated heterocycles. The summed E-state index contributed by atoms with van der Waals surface area (Å²) in [6.45, 7) is 3.40. The van der Waals surface area contributed by atoms with Gasteiger partial charge < -0.3 is 9.64 Å². The number of ketones is 1. The SMILES string of the molecule is COc1cccc(C(=O)CCC(=O)N2CCN3CCc4ccccc4C3C2)c1. The zero-order valence-electron chi connectivity index (χ0n) is 16.3. The normalized spacial score (nSPS) is 18.9. The molecule has 1 unspecified atom stereocenters. The van der Waals surface area contributed by atoms with Crippen molar-refractivity contribution in [3.63, 3.8) is 0 Å². The highest BCUT2D eigenvalue weighted by molar-refractivity contribution is 5.98. The smallest absolute Gasteiger partial charge is 0.223 e. The lowest BCUT2D eigenvalue weighted by atomic mass is 9.91. The second kappa shape index (κ2) is 8.15. The molecule has 0 spiro atoms. The van der Waals surface area contributed by atoms with Gasteiger partial charge in [-0.3, -0.25) is 14.5 Å². The number of carbonyl (C=O) groups is 2. The molecule has 2 aromatic rings. The summed E-state index contributed by atoms with van der Waals surface area (Å²) in [5, 5.41) is 0. The number of hydrogen-bond donors (Lipinski definition) is 0. The third-order valence-corrected chi connectivity index (χ3v) is 5.88. The van der Waals surface area contributed by atoms with Gasteiger partial charge in [0.25, 0.3) is 0 Å². The van der Waals surface area contributed by atoms with Crippen LogP contribution >= 0.6 is 0 Å². The number of carbonyl (C=O) groups excluding carboxylic acids is 2. The monoisotopic (exact) mass is 378 g/mol. The number of nitrogens with zero attached hydrogens (tertiary/aromatic N) is 2. The molecule has 0 bridgehead atoms. The molecule has 2 heterocycles. The van der Waals surface area contributed by atoms with Gasteiger partial charge >= 0.3 is 0 Å². The first-order valence-electron chi connectivity index (χ1n) is 9.92. The third-order valence-electron chi connectivity index (χ3n) is 5.88. The Kier molecular flexibility index (Phi) is 5.44. The van der Waals surface area contributed by atoms with Gasteiger partial charge in [-0.1, -0.05) is 36.4 Å². The van der Waals surface area contributed by atoms with Gasteiger partial charge in [0.15, 0.2) is 5.78 Å². The Morgan fingerprint density at radius 3 is 2.75 bits per heavy atom. The number of methoxy groups -OCH3 is 1. The van der Waals surface area contributed by atoms with Crippen molar-refractivity contribution in [2.45, 2.75) is 25.3 Å². The minimum absolute atomic E-state index is 0.0195. The maximum atomic E-state index is 12.8. The van der Waals surface area contributed by atoms with Crippen LogP contribution in [-0.4, -0.2) is 54.8 Å². The van der Waals surface area contributed by atoms with Crippen LogP contribution in [0.1, 0.15) is 40.4 Å². The van der Waals surface area contributed by atoms with Crippen molar-refractivity contribution in [1.29, 1.82) is 0 Å². The van der Waals surface area contributed by atoms with Crippen molar-refractivity contribution < 1.29 is 14.3 Å². The van der Waals surface area contributed by atoms with E-state index >= 15 is 0 Å². The number of benzene rings is 2. The van der Waals surface area contributed by atoms with Crippen molar-refractivity contribution in [3.05, 3.63) is 65.2 Å². The Bertz CT molecular complexity index is 880. The topological polar surface area (TPSA) is 49.9 Å². The van der Waals surface area contributed by atoms with Crippen LogP contribution in [0.2, 0.25) is 0 Å². The summed E-state index contributed by atoms with van der Waals surface area (Å²) in [7, 11) is 1.58. The lowest BCUT2D eigenvalue weighted by Crippen LogP contribution is -2.52. The van der Waals surface area contributed by atoms with Crippen LogP contribution in [0.15, 0.2) is 48.5 Å². The number of amides is 1. The van der Waals surface area contributed by atoms with Gasteiger partial charge in [-0.05, 0) is 29.7 Å². The van der Waals surface area contributed by atoms with Crippen LogP contribution in [0.4, 0.5) is 0 Å².